The Morgan fingerprint density at radius 3 is 2.38 bits per heavy atom. The average Bonchev–Trinajstić information content (AvgIpc) is 3.27. The zero-order valence-corrected chi connectivity index (χ0v) is 12.8. The van der Waals surface area contributed by atoms with Crippen LogP contribution in [-0.4, -0.2) is 29.6 Å². The third kappa shape index (κ3) is 2.21. The van der Waals surface area contributed by atoms with Gasteiger partial charge in [-0.15, -0.1) is 0 Å². The second-order valence-electron chi connectivity index (χ2n) is 6.25. The first-order valence-electron chi connectivity index (χ1n) is 7.89. The van der Waals surface area contributed by atoms with Crippen LogP contribution < -0.4 is 4.74 Å². The first kappa shape index (κ1) is 14.6. The summed E-state index contributed by atoms with van der Waals surface area (Å²) in [6.45, 7) is -0.0106. The monoisotopic (exact) mass is 321 g/mol. The number of hydrogen-bond donors (Lipinski definition) is 0. The molecule has 1 aliphatic heterocycles. The Labute approximate surface area is 139 Å². The van der Waals surface area contributed by atoms with Crippen LogP contribution in [0.5, 0.6) is 5.75 Å². The summed E-state index contributed by atoms with van der Waals surface area (Å²) >= 11 is 0. The Kier molecular flexibility index (Phi) is 3.42. The summed E-state index contributed by atoms with van der Waals surface area (Å²) in [4.78, 5) is 25.0. The van der Waals surface area contributed by atoms with Crippen molar-refractivity contribution in [1.29, 1.82) is 5.26 Å². The van der Waals surface area contributed by atoms with Crippen molar-refractivity contribution in [2.24, 2.45) is 28.8 Å². The zero-order chi connectivity index (χ0) is 16.7. The number of carbonyl (C=O) groups excluding carboxylic acids is 2. The fourth-order valence-electron chi connectivity index (χ4n) is 3.89. The minimum Gasteiger partial charge on any atom is -0.479 e. The van der Waals surface area contributed by atoms with Crippen LogP contribution >= 0.6 is 0 Å². The lowest BCUT2D eigenvalue weighted by atomic mass is 9.85. The lowest BCUT2D eigenvalue weighted by Gasteiger charge is -2.13. The number of ether oxygens (including phenoxy) is 1. The molecule has 6 nitrogen and oxygen atoms in total. The van der Waals surface area contributed by atoms with Crippen molar-refractivity contribution in [3.8, 4) is 11.8 Å². The van der Waals surface area contributed by atoms with Crippen LogP contribution in [0.2, 0.25) is 0 Å². The number of hydrazone groups is 1. The number of benzene rings is 1. The number of rotatable bonds is 4. The quantitative estimate of drug-likeness (QED) is 0.480. The van der Waals surface area contributed by atoms with Crippen LogP contribution in [0.1, 0.15) is 12.0 Å². The lowest BCUT2D eigenvalue weighted by molar-refractivity contribution is -0.140. The van der Waals surface area contributed by atoms with Gasteiger partial charge in [-0.2, -0.15) is 15.4 Å². The standard InChI is InChI=1S/C18H15N3O3/c19-7-8-24-14-5-1-11(2-6-14)10-20-21-17(22)15-12-3-4-13(9-12)16(15)18(21)23/h1-6,10,12-13,15-16H,8-9H2. The predicted molar refractivity (Wildman–Crippen MR) is 84.7 cm³/mol. The second kappa shape index (κ2) is 5.60. The highest BCUT2D eigenvalue weighted by Gasteiger charge is 2.59. The van der Waals surface area contributed by atoms with E-state index in [0.717, 1.165) is 17.0 Å². The van der Waals surface area contributed by atoms with Gasteiger partial charge in [-0.05, 0) is 48.1 Å². The van der Waals surface area contributed by atoms with Gasteiger partial charge in [-0.1, -0.05) is 12.2 Å². The van der Waals surface area contributed by atoms with E-state index in [2.05, 4.69) is 17.3 Å². The van der Waals surface area contributed by atoms with Gasteiger partial charge in [-0.3, -0.25) is 9.59 Å². The van der Waals surface area contributed by atoms with Gasteiger partial charge in [0.25, 0.3) is 11.8 Å². The molecule has 24 heavy (non-hydrogen) atoms. The van der Waals surface area contributed by atoms with Gasteiger partial charge in [0.15, 0.2) is 6.61 Å². The van der Waals surface area contributed by atoms with E-state index in [0.29, 0.717) is 5.75 Å². The number of carbonyl (C=O) groups is 2. The molecule has 1 saturated heterocycles. The van der Waals surface area contributed by atoms with Crippen molar-refractivity contribution in [1.82, 2.24) is 5.01 Å². The number of nitrogens with zero attached hydrogens (tertiary/aromatic N) is 3. The van der Waals surface area contributed by atoms with Gasteiger partial charge in [0.05, 0.1) is 18.1 Å². The highest BCUT2D eigenvalue weighted by Crippen LogP contribution is 2.52. The molecule has 1 aromatic rings. The summed E-state index contributed by atoms with van der Waals surface area (Å²) < 4.78 is 5.17. The summed E-state index contributed by atoms with van der Waals surface area (Å²) in [7, 11) is 0. The van der Waals surface area contributed by atoms with E-state index in [4.69, 9.17) is 10.00 Å². The molecular formula is C18H15N3O3. The number of hydrogen-bond acceptors (Lipinski definition) is 5. The lowest BCUT2D eigenvalue weighted by Crippen LogP contribution is -2.28. The van der Waals surface area contributed by atoms with Gasteiger partial charge in [0, 0.05) is 0 Å². The highest BCUT2D eigenvalue weighted by molar-refractivity contribution is 6.06. The first-order chi connectivity index (χ1) is 11.7. The molecule has 2 amide bonds. The van der Waals surface area contributed by atoms with E-state index in [-0.39, 0.29) is 42.1 Å². The molecule has 2 bridgehead atoms. The summed E-state index contributed by atoms with van der Waals surface area (Å²) in [5, 5.41) is 13.6. The Morgan fingerprint density at radius 1 is 1.17 bits per heavy atom. The van der Waals surface area contributed by atoms with E-state index in [1.807, 2.05) is 6.07 Å². The summed E-state index contributed by atoms with van der Waals surface area (Å²) in [5.74, 6) is 0.123. The minimum atomic E-state index is -0.230. The van der Waals surface area contributed by atoms with E-state index < -0.39 is 0 Å². The molecule has 1 saturated carbocycles. The van der Waals surface area contributed by atoms with Crippen LogP contribution in [0.4, 0.5) is 0 Å². The maximum atomic E-state index is 12.5. The topological polar surface area (TPSA) is 82.8 Å². The number of allylic oxidation sites excluding steroid dienone is 2. The fourth-order valence-corrected chi connectivity index (χ4v) is 3.89. The fraction of sp³-hybridized carbons (Fsp3) is 0.333. The molecule has 1 heterocycles. The van der Waals surface area contributed by atoms with Crippen molar-refractivity contribution in [2.45, 2.75) is 6.42 Å². The van der Waals surface area contributed by atoms with Crippen molar-refractivity contribution >= 4 is 18.0 Å². The molecule has 2 fully saturated rings. The van der Waals surface area contributed by atoms with Gasteiger partial charge in [0.1, 0.15) is 11.8 Å². The van der Waals surface area contributed by atoms with Gasteiger partial charge >= 0.3 is 0 Å². The van der Waals surface area contributed by atoms with E-state index in [9.17, 15) is 9.59 Å². The summed E-state index contributed by atoms with van der Waals surface area (Å²) in [6, 6.07) is 8.84. The van der Waals surface area contributed by atoms with Crippen molar-refractivity contribution in [3.05, 3.63) is 42.0 Å². The molecule has 4 unspecified atom stereocenters. The van der Waals surface area contributed by atoms with E-state index >= 15 is 0 Å². The third-order valence-corrected chi connectivity index (χ3v) is 4.95. The van der Waals surface area contributed by atoms with Crippen LogP contribution in [0.25, 0.3) is 0 Å². The molecule has 4 rings (SSSR count). The number of imide groups is 1. The molecule has 3 aliphatic rings. The average molecular weight is 321 g/mol. The van der Waals surface area contributed by atoms with Gasteiger partial charge < -0.3 is 4.74 Å². The van der Waals surface area contributed by atoms with Crippen molar-refractivity contribution < 1.29 is 14.3 Å². The van der Waals surface area contributed by atoms with Crippen LogP contribution in [0, 0.1) is 35.0 Å². The Balaban J connectivity index is 1.48. The molecule has 0 N–H and O–H groups in total. The van der Waals surface area contributed by atoms with Gasteiger partial charge in [0.2, 0.25) is 0 Å². The maximum absolute atomic E-state index is 12.5. The van der Waals surface area contributed by atoms with Crippen LogP contribution in [-0.2, 0) is 9.59 Å². The predicted octanol–water partition coefficient (Wildman–Crippen LogP) is 1.73. The molecular weight excluding hydrogens is 306 g/mol. The van der Waals surface area contributed by atoms with Crippen molar-refractivity contribution in [3.63, 3.8) is 0 Å². The molecule has 0 aromatic heterocycles. The largest absolute Gasteiger partial charge is 0.479 e. The molecule has 120 valence electrons. The smallest absolute Gasteiger partial charge is 0.254 e. The number of nitriles is 1. The molecule has 0 radical (unpaired) electrons. The molecule has 4 atom stereocenters. The third-order valence-electron chi connectivity index (χ3n) is 4.95. The Bertz CT molecular complexity index is 761. The van der Waals surface area contributed by atoms with Crippen LogP contribution in [0.3, 0.4) is 0 Å². The summed E-state index contributed by atoms with van der Waals surface area (Å²) in [6.07, 6.45) is 6.53. The summed E-state index contributed by atoms with van der Waals surface area (Å²) in [5.41, 5.74) is 0.748. The Morgan fingerprint density at radius 2 is 1.79 bits per heavy atom. The molecule has 6 heteroatoms. The van der Waals surface area contributed by atoms with Crippen LogP contribution in [0.15, 0.2) is 41.5 Å². The number of amides is 2. The molecule has 2 aliphatic carbocycles. The second-order valence-corrected chi connectivity index (χ2v) is 6.25. The Hall–Kier alpha value is -2.94. The normalized spacial score (nSPS) is 30.2. The van der Waals surface area contributed by atoms with Gasteiger partial charge in [-0.25, -0.2) is 0 Å². The molecule has 1 aromatic carbocycles. The van der Waals surface area contributed by atoms with Crippen molar-refractivity contribution in [2.75, 3.05) is 6.61 Å². The molecule has 0 spiro atoms. The minimum absolute atomic E-state index is 0.0106. The zero-order valence-electron chi connectivity index (χ0n) is 12.8. The van der Waals surface area contributed by atoms with E-state index in [1.54, 1.807) is 24.3 Å². The SMILES string of the molecule is N#CCOc1ccc(C=NN2C(=O)C3C4C=CC(C4)C3C2=O)cc1. The van der Waals surface area contributed by atoms with E-state index in [1.165, 1.54) is 6.21 Å². The first-order valence-corrected chi connectivity index (χ1v) is 7.89. The highest BCUT2D eigenvalue weighted by atomic mass is 16.5. The number of fused-ring (bicyclic) bond motifs is 5. The maximum Gasteiger partial charge on any atom is 0.254 e.